The highest BCUT2D eigenvalue weighted by molar-refractivity contribution is 7.89. The molecule has 0 bridgehead atoms. The molecule has 0 saturated heterocycles. The number of nitrogens with zero attached hydrogens (tertiary/aromatic N) is 2. The van der Waals surface area contributed by atoms with Gasteiger partial charge in [-0.2, -0.15) is 0 Å². The number of hydrogen-bond acceptors (Lipinski definition) is 7. The maximum Gasteiger partial charge on any atom is 0.338 e. The van der Waals surface area contributed by atoms with Gasteiger partial charge < -0.3 is 9.15 Å². The zero-order chi connectivity index (χ0) is 19.4. The first-order valence-electron chi connectivity index (χ1n) is 7.82. The molecular formula is C18H15ClN2O5S. The third-order valence-electron chi connectivity index (χ3n) is 3.50. The molecule has 0 aliphatic carbocycles. The molecule has 0 saturated carbocycles. The number of hydrogen-bond donors (Lipinski definition) is 0. The maximum atomic E-state index is 12.1. The number of ether oxygens (including phenoxy) is 1. The smallest absolute Gasteiger partial charge is 0.338 e. The van der Waals surface area contributed by atoms with Crippen molar-refractivity contribution in [3.05, 3.63) is 70.6 Å². The Labute approximate surface area is 160 Å². The molecule has 0 spiro atoms. The van der Waals surface area contributed by atoms with Crippen molar-refractivity contribution in [1.29, 1.82) is 0 Å². The van der Waals surface area contributed by atoms with Crippen LogP contribution in [0.5, 0.6) is 0 Å². The first kappa shape index (κ1) is 19.1. The molecule has 27 heavy (non-hydrogen) atoms. The van der Waals surface area contributed by atoms with Gasteiger partial charge >= 0.3 is 5.97 Å². The number of rotatable bonds is 6. The predicted octanol–water partition coefficient (Wildman–Crippen LogP) is 3.29. The summed E-state index contributed by atoms with van der Waals surface area (Å²) >= 11 is 5.83. The van der Waals surface area contributed by atoms with Crippen LogP contribution in [0, 0.1) is 0 Å². The lowest BCUT2D eigenvalue weighted by molar-refractivity contribution is 0.0438. The number of benzene rings is 2. The molecule has 7 nitrogen and oxygen atoms in total. The quantitative estimate of drug-likeness (QED) is 0.579. The Morgan fingerprint density at radius 1 is 1.07 bits per heavy atom. The molecule has 0 fully saturated rings. The average Bonchev–Trinajstić information content (AvgIpc) is 3.08. The average molecular weight is 407 g/mol. The summed E-state index contributed by atoms with van der Waals surface area (Å²) in [5, 5.41) is 8.34. The van der Waals surface area contributed by atoms with E-state index in [1.54, 1.807) is 36.4 Å². The number of aromatic nitrogens is 2. The summed E-state index contributed by atoms with van der Waals surface area (Å²) in [7, 11) is -3.13. The monoisotopic (exact) mass is 406 g/mol. The minimum atomic E-state index is -3.13. The Bertz CT molecular complexity index is 1040. The van der Waals surface area contributed by atoms with E-state index in [1.165, 1.54) is 12.1 Å². The van der Waals surface area contributed by atoms with Crippen molar-refractivity contribution in [3.63, 3.8) is 0 Å². The van der Waals surface area contributed by atoms with Gasteiger partial charge in [0, 0.05) is 16.8 Å². The topological polar surface area (TPSA) is 99.4 Å². The number of halogens is 1. The summed E-state index contributed by atoms with van der Waals surface area (Å²) in [5.74, 6) is -0.213. The molecule has 2 aromatic carbocycles. The van der Waals surface area contributed by atoms with Crippen molar-refractivity contribution >= 4 is 27.4 Å². The molecule has 140 valence electrons. The molecule has 0 radical (unpaired) electrons. The zero-order valence-corrected chi connectivity index (χ0v) is 15.8. The summed E-state index contributed by atoms with van der Waals surface area (Å²) in [4.78, 5) is 12.1. The van der Waals surface area contributed by atoms with E-state index < -0.39 is 15.8 Å². The lowest BCUT2D eigenvalue weighted by atomic mass is 10.1. The summed E-state index contributed by atoms with van der Waals surface area (Å²) in [6.07, 6.45) is 1.15. The van der Waals surface area contributed by atoms with Gasteiger partial charge in [-0.15, -0.1) is 10.2 Å². The number of sulfone groups is 1. The molecule has 9 heteroatoms. The van der Waals surface area contributed by atoms with E-state index in [2.05, 4.69) is 10.2 Å². The van der Waals surface area contributed by atoms with Gasteiger partial charge in [0.15, 0.2) is 16.4 Å². The van der Waals surface area contributed by atoms with E-state index in [0.29, 0.717) is 27.6 Å². The van der Waals surface area contributed by atoms with Crippen LogP contribution in [0.25, 0.3) is 11.5 Å². The molecular weight excluding hydrogens is 392 g/mol. The van der Waals surface area contributed by atoms with E-state index in [1.807, 2.05) is 0 Å². The lowest BCUT2D eigenvalue weighted by Gasteiger charge is -2.04. The van der Waals surface area contributed by atoms with Crippen LogP contribution in [-0.2, 0) is 26.9 Å². The minimum Gasteiger partial charge on any atom is -0.452 e. The second-order valence-electron chi connectivity index (χ2n) is 5.85. The van der Waals surface area contributed by atoms with Crippen LogP contribution in [0.15, 0.2) is 52.9 Å². The first-order chi connectivity index (χ1) is 12.8. The van der Waals surface area contributed by atoms with Crippen LogP contribution in [0.2, 0.25) is 5.02 Å². The van der Waals surface area contributed by atoms with E-state index in [0.717, 1.165) is 6.26 Å². The van der Waals surface area contributed by atoms with Crippen molar-refractivity contribution in [2.45, 2.75) is 12.4 Å². The van der Waals surface area contributed by atoms with Crippen molar-refractivity contribution in [2.24, 2.45) is 0 Å². The SMILES string of the molecule is CS(=O)(=O)Cc1ccc(C(=O)OCc2nnc(-c3ccc(Cl)cc3)o2)cc1. The number of esters is 1. The largest absolute Gasteiger partial charge is 0.452 e. The van der Waals surface area contributed by atoms with Gasteiger partial charge in [-0.25, -0.2) is 13.2 Å². The highest BCUT2D eigenvalue weighted by atomic mass is 35.5. The Morgan fingerprint density at radius 3 is 2.37 bits per heavy atom. The van der Waals surface area contributed by atoms with E-state index in [-0.39, 0.29) is 18.3 Å². The van der Waals surface area contributed by atoms with E-state index >= 15 is 0 Å². The van der Waals surface area contributed by atoms with Gasteiger partial charge in [0.05, 0.1) is 11.3 Å². The van der Waals surface area contributed by atoms with Crippen molar-refractivity contribution < 1.29 is 22.4 Å². The number of carbonyl (C=O) groups excluding carboxylic acids is 1. The van der Waals surface area contributed by atoms with E-state index in [9.17, 15) is 13.2 Å². The molecule has 0 atom stereocenters. The van der Waals surface area contributed by atoms with Crippen LogP contribution in [0.4, 0.5) is 0 Å². The van der Waals surface area contributed by atoms with Crippen LogP contribution in [-0.4, -0.2) is 30.8 Å². The molecule has 0 aliphatic rings. The summed E-state index contributed by atoms with van der Waals surface area (Å²) < 4.78 is 33.2. The Morgan fingerprint density at radius 2 is 1.74 bits per heavy atom. The molecule has 3 rings (SSSR count). The highest BCUT2D eigenvalue weighted by Crippen LogP contribution is 2.20. The van der Waals surface area contributed by atoms with Crippen molar-refractivity contribution in [1.82, 2.24) is 10.2 Å². The van der Waals surface area contributed by atoms with Gasteiger partial charge in [0.2, 0.25) is 5.89 Å². The lowest BCUT2D eigenvalue weighted by Crippen LogP contribution is -2.06. The van der Waals surface area contributed by atoms with Gasteiger partial charge in [0.1, 0.15) is 0 Å². The first-order valence-corrected chi connectivity index (χ1v) is 10.3. The fourth-order valence-electron chi connectivity index (χ4n) is 2.27. The molecule has 1 heterocycles. The van der Waals surface area contributed by atoms with Crippen LogP contribution >= 0.6 is 11.6 Å². The molecule has 0 amide bonds. The van der Waals surface area contributed by atoms with Crippen LogP contribution in [0.3, 0.4) is 0 Å². The van der Waals surface area contributed by atoms with Gasteiger partial charge in [-0.3, -0.25) is 0 Å². The fourth-order valence-corrected chi connectivity index (χ4v) is 3.20. The summed E-state index contributed by atoms with van der Waals surface area (Å²) in [6.45, 7) is -0.176. The van der Waals surface area contributed by atoms with E-state index in [4.69, 9.17) is 20.8 Å². The third kappa shape index (κ3) is 5.38. The van der Waals surface area contributed by atoms with Gasteiger partial charge in [0.25, 0.3) is 5.89 Å². The summed E-state index contributed by atoms with van der Waals surface area (Å²) in [5.41, 5.74) is 1.59. The van der Waals surface area contributed by atoms with Crippen LogP contribution < -0.4 is 0 Å². The van der Waals surface area contributed by atoms with Crippen molar-refractivity contribution in [2.75, 3.05) is 6.26 Å². The highest BCUT2D eigenvalue weighted by Gasteiger charge is 2.13. The normalized spacial score (nSPS) is 11.3. The summed E-state index contributed by atoms with van der Waals surface area (Å²) in [6, 6.07) is 13.0. The van der Waals surface area contributed by atoms with Gasteiger partial charge in [-0.1, -0.05) is 23.7 Å². The maximum absolute atomic E-state index is 12.1. The molecule has 0 unspecified atom stereocenters. The Balaban J connectivity index is 1.60. The second kappa shape index (κ2) is 7.89. The molecule has 1 aromatic heterocycles. The standard InChI is InChI=1S/C18H15ClN2O5S/c1-27(23,24)11-12-2-4-14(5-3-12)18(22)25-10-16-20-21-17(26-16)13-6-8-15(19)9-7-13/h2-9H,10-11H2,1H3. The Kier molecular flexibility index (Phi) is 5.57. The minimum absolute atomic E-state index is 0.0855. The van der Waals surface area contributed by atoms with Crippen molar-refractivity contribution in [3.8, 4) is 11.5 Å². The third-order valence-corrected chi connectivity index (χ3v) is 4.61. The second-order valence-corrected chi connectivity index (χ2v) is 8.43. The number of carbonyl (C=O) groups is 1. The van der Waals surface area contributed by atoms with Crippen LogP contribution in [0.1, 0.15) is 21.8 Å². The fraction of sp³-hybridized carbons (Fsp3) is 0.167. The Hall–Kier alpha value is -2.71. The zero-order valence-electron chi connectivity index (χ0n) is 14.3. The predicted molar refractivity (Wildman–Crippen MR) is 98.9 cm³/mol. The van der Waals surface area contributed by atoms with Gasteiger partial charge in [-0.05, 0) is 42.0 Å². The molecule has 0 aliphatic heterocycles. The molecule has 0 N–H and O–H groups in total. The molecule has 3 aromatic rings.